The fraction of sp³-hybridized carbons (Fsp3) is 0.267. The van der Waals surface area contributed by atoms with Gasteiger partial charge in [-0.3, -0.25) is 4.79 Å². The van der Waals surface area contributed by atoms with Crippen LogP contribution in [-0.2, 0) is 4.79 Å². The van der Waals surface area contributed by atoms with Crippen molar-refractivity contribution in [1.82, 2.24) is 0 Å². The molecule has 0 saturated heterocycles. The van der Waals surface area contributed by atoms with E-state index >= 15 is 0 Å². The molecule has 0 saturated carbocycles. The maximum atomic E-state index is 10.6. The number of hydrogen-bond donors (Lipinski definition) is 0. The molecule has 1 nitrogen and oxygen atoms in total. The number of carbonyl (C=O) groups excluding carboxylic acids is 1. The summed E-state index contributed by atoms with van der Waals surface area (Å²) in [5.74, 6) is 0. The fourth-order valence-electron chi connectivity index (χ4n) is 1.03. The Kier molecular flexibility index (Phi) is 7.78. The van der Waals surface area contributed by atoms with Gasteiger partial charge in [0.05, 0.1) is 0 Å². The Bertz CT molecular complexity index is 363. The summed E-state index contributed by atoms with van der Waals surface area (Å²) in [7, 11) is 0. The maximum Gasteiger partial charge on any atom is 0.146 e. The highest BCUT2D eigenvalue weighted by Gasteiger charge is 1.95. The van der Waals surface area contributed by atoms with Crippen LogP contribution in [0, 0.1) is 0 Å². The third-order valence-electron chi connectivity index (χ3n) is 2.34. The number of allylic oxidation sites excluding steroid dienone is 10. The Morgan fingerprint density at radius 2 is 1.44 bits per heavy atom. The molecule has 86 valence electrons. The van der Waals surface area contributed by atoms with Gasteiger partial charge < -0.3 is 0 Å². The second-order valence-electron chi connectivity index (χ2n) is 3.57. The van der Waals surface area contributed by atoms with Crippen LogP contribution in [0.2, 0.25) is 0 Å². The van der Waals surface area contributed by atoms with Crippen molar-refractivity contribution in [2.75, 3.05) is 0 Å². The van der Waals surface area contributed by atoms with Gasteiger partial charge in [-0.05, 0) is 44.4 Å². The van der Waals surface area contributed by atoms with Gasteiger partial charge in [-0.25, -0.2) is 0 Å². The molecule has 0 atom stereocenters. The van der Waals surface area contributed by atoms with E-state index < -0.39 is 0 Å². The average Bonchev–Trinajstić information content (AvgIpc) is 2.31. The average molecular weight is 216 g/mol. The highest BCUT2D eigenvalue weighted by molar-refractivity contribution is 5.75. The minimum Gasteiger partial charge on any atom is -0.298 e. The molecule has 0 aromatic heterocycles. The third-order valence-corrected chi connectivity index (χ3v) is 2.34. The second-order valence-corrected chi connectivity index (χ2v) is 3.57. The fourth-order valence-corrected chi connectivity index (χ4v) is 1.03. The number of aldehydes is 1. The molecule has 0 unspecified atom stereocenters. The van der Waals surface area contributed by atoms with Crippen molar-refractivity contribution in [3.8, 4) is 0 Å². The Balaban J connectivity index is 4.51. The standard InChI is InChI=1S/C15H20O/c1-5-6-7-8-9-10-11-13(2)15(4)14(3)12-16/h5-12H,1-4H3/b6-5+,8-7+,10-9+,13-11+,15-14+. The van der Waals surface area contributed by atoms with Crippen LogP contribution in [0.3, 0.4) is 0 Å². The molecule has 0 aliphatic rings. The van der Waals surface area contributed by atoms with E-state index in [4.69, 9.17) is 0 Å². The first-order valence-corrected chi connectivity index (χ1v) is 5.39. The molecular weight excluding hydrogens is 196 g/mol. The summed E-state index contributed by atoms with van der Waals surface area (Å²) in [5.41, 5.74) is 2.93. The summed E-state index contributed by atoms with van der Waals surface area (Å²) in [5, 5.41) is 0. The zero-order chi connectivity index (χ0) is 12.4. The van der Waals surface area contributed by atoms with Crippen LogP contribution < -0.4 is 0 Å². The molecule has 0 rings (SSSR count). The van der Waals surface area contributed by atoms with Crippen molar-refractivity contribution in [1.29, 1.82) is 0 Å². The van der Waals surface area contributed by atoms with Gasteiger partial charge in [-0.2, -0.15) is 0 Å². The molecule has 0 heterocycles. The van der Waals surface area contributed by atoms with E-state index in [0.29, 0.717) is 0 Å². The van der Waals surface area contributed by atoms with Crippen LogP contribution in [-0.4, -0.2) is 6.29 Å². The first-order chi connectivity index (χ1) is 7.63. The van der Waals surface area contributed by atoms with E-state index in [1.54, 1.807) is 0 Å². The van der Waals surface area contributed by atoms with Crippen molar-refractivity contribution >= 4 is 6.29 Å². The lowest BCUT2D eigenvalue weighted by Crippen LogP contribution is -1.86. The zero-order valence-electron chi connectivity index (χ0n) is 10.5. The topological polar surface area (TPSA) is 17.1 Å². The van der Waals surface area contributed by atoms with E-state index in [9.17, 15) is 4.79 Å². The minimum absolute atomic E-state index is 0.784. The smallest absolute Gasteiger partial charge is 0.146 e. The second kappa shape index (κ2) is 8.66. The van der Waals surface area contributed by atoms with Gasteiger partial charge >= 0.3 is 0 Å². The van der Waals surface area contributed by atoms with Gasteiger partial charge in [-0.15, -0.1) is 0 Å². The normalized spacial score (nSPS) is 15.1. The predicted molar refractivity (Wildman–Crippen MR) is 71.3 cm³/mol. The van der Waals surface area contributed by atoms with Gasteiger partial charge in [0, 0.05) is 0 Å². The third kappa shape index (κ3) is 5.97. The van der Waals surface area contributed by atoms with Crippen molar-refractivity contribution in [3.05, 3.63) is 59.3 Å². The molecule has 0 bridgehead atoms. The monoisotopic (exact) mass is 216 g/mol. The Morgan fingerprint density at radius 3 is 2.00 bits per heavy atom. The highest BCUT2D eigenvalue weighted by Crippen LogP contribution is 2.12. The van der Waals surface area contributed by atoms with E-state index in [0.717, 1.165) is 23.0 Å². The summed E-state index contributed by atoms with van der Waals surface area (Å²) in [4.78, 5) is 10.6. The molecule has 0 amide bonds. The number of carbonyl (C=O) groups is 1. The Morgan fingerprint density at radius 1 is 0.875 bits per heavy atom. The lowest BCUT2D eigenvalue weighted by atomic mass is 10.0. The molecule has 0 spiro atoms. The molecule has 0 radical (unpaired) electrons. The van der Waals surface area contributed by atoms with Crippen molar-refractivity contribution in [2.24, 2.45) is 0 Å². The molecular formula is C15H20O. The van der Waals surface area contributed by atoms with Crippen LogP contribution in [0.25, 0.3) is 0 Å². The van der Waals surface area contributed by atoms with Gasteiger partial charge in [0.15, 0.2) is 0 Å². The van der Waals surface area contributed by atoms with Crippen LogP contribution in [0.4, 0.5) is 0 Å². The van der Waals surface area contributed by atoms with E-state index in [1.807, 2.05) is 70.2 Å². The molecule has 16 heavy (non-hydrogen) atoms. The van der Waals surface area contributed by atoms with Gasteiger partial charge in [0.25, 0.3) is 0 Å². The predicted octanol–water partition coefficient (Wildman–Crippen LogP) is 4.16. The van der Waals surface area contributed by atoms with Crippen LogP contribution >= 0.6 is 0 Å². The highest BCUT2D eigenvalue weighted by atomic mass is 16.1. The molecule has 0 fully saturated rings. The van der Waals surface area contributed by atoms with Gasteiger partial charge in [-0.1, -0.05) is 42.5 Å². The van der Waals surface area contributed by atoms with E-state index in [2.05, 4.69) is 0 Å². The van der Waals surface area contributed by atoms with E-state index in [-0.39, 0.29) is 0 Å². The van der Waals surface area contributed by atoms with Crippen LogP contribution in [0.5, 0.6) is 0 Å². The minimum atomic E-state index is 0.784. The van der Waals surface area contributed by atoms with Crippen molar-refractivity contribution in [2.45, 2.75) is 27.7 Å². The van der Waals surface area contributed by atoms with Crippen molar-refractivity contribution in [3.63, 3.8) is 0 Å². The summed E-state index contributed by atoms with van der Waals surface area (Å²) in [6, 6.07) is 0. The summed E-state index contributed by atoms with van der Waals surface area (Å²) < 4.78 is 0. The Labute approximate surface area is 98.6 Å². The van der Waals surface area contributed by atoms with Crippen molar-refractivity contribution < 1.29 is 4.79 Å². The van der Waals surface area contributed by atoms with Gasteiger partial charge in [0.2, 0.25) is 0 Å². The lowest BCUT2D eigenvalue weighted by Gasteiger charge is -2.01. The summed E-state index contributed by atoms with van der Waals surface area (Å²) in [6.07, 6.45) is 14.7. The largest absolute Gasteiger partial charge is 0.298 e. The Hall–Kier alpha value is -1.63. The summed E-state index contributed by atoms with van der Waals surface area (Å²) >= 11 is 0. The SMILES string of the molecule is C/C=C/C=C/C=C/C=C(C)/C(C)=C(\C)C=O. The first kappa shape index (κ1) is 14.4. The molecule has 1 heteroatoms. The first-order valence-electron chi connectivity index (χ1n) is 5.39. The maximum absolute atomic E-state index is 10.6. The molecule has 0 aromatic rings. The quantitative estimate of drug-likeness (QED) is 0.383. The zero-order valence-corrected chi connectivity index (χ0v) is 10.5. The van der Waals surface area contributed by atoms with Crippen LogP contribution in [0.1, 0.15) is 27.7 Å². The van der Waals surface area contributed by atoms with Gasteiger partial charge in [0.1, 0.15) is 6.29 Å². The van der Waals surface area contributed by atoms with E-state index in [1.165, 1.54) is 0 Å². The lowest BCUT2D eigenvalue weighted by molar-refractivity contribution is -0.104. The summed E-state index contributed by atoms with van der Waals surface area (Å²) in [6.45, 7) is 7.77. The number of hydrogen-bond acceptors (Lipinski definition) is 1. The molecule has 0 N–H and O–H groups in total. The molecule has 0 aliphatic heterocycles. The molecule has 0 aromatic carbocycles. The number of rotatable bonds is 5. The molecule has 0 aliphatic carbocycles. The van der Waals surface area contributed by atoms with Crippen LogP contribution in [0.15, 0.2) is 59.3 Å².